The van der Waals surface area contributed by atoms with Gasteiger partial charge in [-0.05, 0) is 23.6 Å². The van der Waals surface area contributed by atoms with Crippen LogP contribution in [0.5, 0.6) is 11.5 Å². The van der Waals surface area contributed by atoms with Crippen molar-refractivity contribution in [2.45, 2.75) is 0 Å². The Morgan fingerprint density at radius 1 is 1.07 bits per heavy atom. The highest BCUT2D eigenvalue weighted by Gasteiger charge is 2.15. The molecule has 1 aliphatic heterocycles. The molecule has 0 radical (unpaired) electrons. The van der Waals surface area contributed by atoms with Gasteiger partial charge in [-0.3, -0.25) is 0 Å². The second-order valence-electron chi connectivity index (χ2n) is 3.16. The van der Waals surface area contributed by atoms with Crippen LogP contribution in [0.4, 0.5) is 0 Å². The van der Waals surface area contributed by atoms with Crippen LogP contribution in [-0.2, 0) is 0 Å². The number of fused-ring (bicyclic) bond motifs is 2. The van der Waals surface area contributed by atoms with Gasteiger partial charge in [0.1, 0.15) is 10.3 Å². The van der Waals surface area contributed by atoms with Gasteiger partial charge < -0.3 is 9.47 Å². The number of benzene rings is 1. The van der Waals surface area contributed by atoms with E-state index in [0.717, 1.165) is 10.8 Å². The first kappa shape index (κ1) is 9.07. The molecule has 1 aromatic carbocycles. The molecule has 3 nitrogen and oxygen atoms in total. The molecule has 0 saturated heterocycles. The summed E-state index contributed by atoms with van der Waals surface area (Å²) in [6.45, 7) is 0.241. The van der Waals surface area contributed by atoms with Crippen molar-refractivity contribution in [3.05, 3.63) is 28.5 Å². The van der Waals surface area contributed by atoms with Gasteiger partial charge in [0, 0.05) is 5.39 Å². The predicted octanol–water partition coefficient (Wildman–Crippen LogP) is 3.27. The van der Waals surface area contributed by atoms with Crippen molar-refractivity contribution in [2.75, 3.05) is 6.79 Å². The average Bonchev–Trinajstić information content (AvgIpc) is 2.61. The molecule has 5 heteroatoms. The Kier molecular flexibility index (Phi) is 1.90. The topological polar surface area (TPSA) is 31.4 Å². The van der Waals surface area contributed by atoms with E-state index in [1.807, 2.05) is 12.1 Å². The predicted molar refractivity (Wildman–Crippen MR) is 57.9 cm³/mol. The summed E-state index contributed by atoms with van der Waals surface area (Å²) < 4.78 is 10.5. The number of nitrogens with zero attached hydrogens (tertiary/aromatic N) is 1. The molecule has 2 aromatic rings. The maximum Gasteiger partial charge on any atom is 0.231 e. The zero-order chi connectivity index (χ0) is 10.4. The van der Waals surface area contributed by atoms with Gasteiger partial charge >= 0.3 is 0 Å². The van der Waals surface area contributed by atoms with Crippen LogP contribution in [0.3, 0.4) is 0 Å². The molecule has 2 heterocycles. The minimum atomic E-state index is 0.241. The number of halogens is 2. The van der Waals surface area contributed by atoms with E-state index in [1.165, 1.54) is 0 Å². The molecule has 0 saturated carbocycles. The first-order valence-electron chi connectivity index (χ1n) is 4.29. The SMILES string of the molecule is Clc1cc2cc3c(cc2c(Cl)n1)OCO3. The molecule has 0 N–H and O–H groups in total. The van der Waals surface area contributed by atoms with Gasteiger partial charge in [-0.15, -0.1) is 0 Å². The second kappa shape index (κ2) is 3.15. The van der Waals surface area contributed by atoms with E-state index in [0.29, 0.717) is 21.8 Å². The van der Waals surface area contributed by atoms with E-state index < -0.39 is 0 Å². The van der Waals surface area contributed by atoms with E-state index in [-0.39, 0.29) is 6.79 Å². The third-order valence-electron chi connectivity index (χ3n) is 2.25. The maximum absolute atomic E-state index is 5.97. The number of pyridine rings is 1. The zero-order valence-electron chi connectivity index (χ0n) is 7.46. The van der Waals surface area contributed by atoms with Crippen LogP contribution in [0.1, 0.15) is 0 Å². The first-order chi connectivity index (χ1) is 7.24. The fourth-order valence-electron chi connectivity index (χ4n) is 1.57. The van der Waals surface area contributed by atoms with Crippen LogP contribution in [0.25, 0.3) is 10.8 Å². The Hall–Kier alpha value is -1.19. The molecule has 1 aromatic heterocycles. The molecule has 1 aliphatic rings. The van der Waals surface area contributed by atoms with E-state index >= 15 is 0 Å². The minimum absolute atomic E-state index is 0.241. The summed E-state index contributed by atoms with van der Waals surface area (Å²) in [6.07, 6.45) is 0. The van der Waals surface area contributed by atoms with E-state index in [1.54, 1.807) is 6.07 Å². The van der Waals surface area contributed by atoms with Crippen LogP contribution in [0, 0.1) is 0 Å². The highest BCUT2D eigenvalue weighted by molar-refractivity contribution is 6.36. The monoisotopic (exact) mass is 241 g/mol. The van der Waals surface area contributed by atoms with Crippen LogP contribution >= 0.6 is 23.2 Å². The summed E-state index contributed by atoms with van der Waals surface area (Å²) in [6, 6.07) is 5.39. The van der Waals surface area contributed by atoms with Crippen molar-refractivity contribution in [3.8, 4) is 11.5 Å². The Balaban J connectivity index is 2.38. The molecular formula is C10H5Cl2NO2. The molecule has 0 aliphatic carbocycles. The second-order valence-corrected chi connectivity index (χ2v) is 3.91. The largest absolute Gasteiger partial charge is 0.454 e. The maximum atomic E-state index is 5.97. The summed E-state index contributed by atoms with van der Waals surface area (Å²) >= 11 is 11.8. The molecule has 76 valence electrons. The van der Waals surface area contributed by atoms with Gasteiger partial charge in [0.25, 0.3) is 0 Å². The Bertz CT molecular complexity index is 557. The summed E-state index contributed by atoms with van der Waals surface area (Å²) in [5.74, 6) is 1.40. The average molecular weight is 242 g/mol. The van der Waals surface area contributed by atoms with Crippen molar-refractivity contribution in [1.82, 2.24) is 4.98 Å². The van der Waals surface area contributed by atoms with Crippen molar-refractivity contribution in [3.63, 3.8) is 0 Å². The summed E-state index contributed by atoms with van der Waals surface area (Å²) in [5, 5.41) is 2.44. The van der Waals surface area contributed by atoms with Gasteiger partial charge in [0.15, 0.2) is 11.5 Å². The number of hydrogen-bond acceptors (Lipinski definition) is 3. The Morgan fingerprint density at radius 3 is 2.60 bits per heavy atom. The molecule has 0 fully saturated rings. The van der Waals surface area contributed by atoms with Gasteiger partial charge in [0.05, 0.1) is 0 Å². The third kappa shape index (κ3) is 1.39. The van der Waals surface area contributed by atoms with Gasteiger partial charge in [0.2, 0.25) is 6.79 Å². The molecule has 0 unspecified atom stereocenters. The third-order valence-corrected chi connectivity index (χ3v) is 2.73. The van der Waals surface area contributed by atoms with Crippen molar-refractivity contribution >= 4 is 34.0 Å². The highest BCUT2D eigenvalue weighted by Crippen LogP contribution is 2.38. The van der Waals surface area contributed by atoms with Crippen molar-refractivity contribution in [1.29, 1.82) is 0 Å². The lowest BCUT2D eigenvalue weighted by Gasteiger charge is -2.02. The number of aromatic nitrogens is 1. The number of rotatable bonds is 0. The van der Waals surface area contributed by atoms with Crippen molar-refractivity contribution < 1.29 is 9.47 Å². The Labute approximate surface area is 95.5 Å². The molecule has 0 atom stereocenters. The van der Waals surface area contributed by atoms with Gasteiger partial charge in [-0.25, -0.2) is 4.98 Å². The van der Waals surface area contributed by atoms with Crippen LogP contribution in [-0.4, -0.2) is 11.8 Å². The van der Waals surface area contributed by atoms with Gasteiger partial charge in [-0.1, -0.05) is 23.2 Å². The standard InChI is InChI=1S/C10H5Cl2NO2/c11-9-2-5-1-7-8(15-4-14-7)3-6(5)10(12)13-9/h1-3H,4H2. The Morgan fingerprint density at radius 2 is 1.80 bits per heavy atom. The fraction of sp³-hybridized carbons (Fsp3) is 0.100. The summed E-state index contributed by atoms with van der Waals surface area (Å²) in [7, 11) is 0. The normalized spacial score (nSPS) is 13.5. The zero-order valence-corrected chi connectivity index (χ0v) is 8.97. The van der Waals surface area contributed by atoms with E-state index in [2.05, 4.69) is 4.98 Å². The lowest BCUT2D eigenvalue weighted by atomic mass is 10.1. The summed E-state index contributed by atoms with van der Waals surface area (Å²) in [4.78, 5) is 3.96. The minimum Gasteiger partial charge on any atom is -0.454 e. The van der Waals surface area contributed by atoms with Crippen LogP contribution in [0.2, 0.25) is 10.3 Å². The lowest BCUT2D eigenvalue weighted by Crippen LogP contribution is -1.92. The molecule has 15 heavy (non-hydrogen) atoms. The van der Waals surface area contributed by atoms with Crippen molar-refractivity contribution in [2.24, 2.45) is 0 Å². The van der Waals surface area contributed by atoms with Crippen LogP contribution < -0.4 is 9.47 Å². The van der Waals surface area contributed by atoms with E-state index in [9.17, 15) is 0 Å². The molecule has 3 rings (SSSR count). The van der Waals surface area contributed by atoms with Gasteiger partial charge in [-0.2, -0.15) is 0 Å². The molecular weight excluding hydrogens is 237 g/mol. The number of ether oxygens (including phenoxy) is 2. The molecule has 0 bridgehead atoms. The smallest absolute Gasteiger partial charge is 0.231 e. The fourth-order valence-corrected chi connectivity index (χ4v) is 2.07. The van der Waals surface area contributed by atoms with Crippen LogP contribution in [0.15, 0.2) is 18.2 Å². The lowest BCUT2D eigenvalue weighted by molar-refractivity contribution is 0.174. The van der Waals surface area contributed by atoms with E-state index in [4.69, 9.17) is 32.7 Å². The first-order valence-corrected chi connectivity index (χ1v) is 5.05. The highest BCUT2D eigenvalue weighted by atomic mass is 35.5. The quantitative estimate of drug-likeness (QED) is 0.664. The molecule has 0 spiro atoms. The summed E-state index contributed by atoms with van der Waals surface area (Å²) in [5.41, 5.74) is 0. The number of hydrogen-bond donors (Lipinski definition) is 0. The molecule has 0 amide bonds.